The van der Waals surface area contributed by atoms with Crippen molar-refractivity contribution in [2.75, 3.05) is 6.61 Å². The van der Waals surface area contributed by atoms with Crippen LogP contribution in [0, 0.1) is 0 Å². The molecule has 1 aromatic heterocycles. The molecule has 0 aliphatic heterocycles. The predicted octanol–water partition coefficient (Wildman–Crippen LogP) is 2.16. The zero-order valence-electron chi connectivity index (χ0n) is 9.67. The minimum absolute atomic E-state index is 0.307. The number of hydrogen-bond acceptors (Lipinski definition) is 5. The monoisotopic (exact) mass is 235 g/mol. The van der Waals surface area contributed by atoms with Crippen molar-refractivity contribution >= 4 is 16.9 Å². The number of nitrogens with zero attached hydrogens (tertiary/aromatic N) is 1. The van der Waals surface area contributed by atoms with Gasteiger partial charge >= 0.3 is 5.97 Å². The normalized spacial score (nSPS) is 12.4. The van der Waals surface area contributed by atoms with Crippen LogP contribution in [0.1, 0.15) is 13.8 Å². The molecule has 2 rings (SSSR count). The second kappa shape index (κ2) is 4.86. The Bertz CT molecular complexity index is 520. The Morgan fingerprint density at radius 2 is 2.24 bits per heavy atom. The molecule has 5 nitrogen and oxygen atoms in total. The highest BCUT2D eigenvalue weighted by atomic mass is 16.6. The van der Waals surface area contributed by atoms with E-state index in [1.54, 1.807) is 19.9 Å². The number of carbonyl (C=O) groups is 1. The Balaban J connectivity index is 2.16. The van der Waals surface area contributed by atoms with E-state index in [0.717, 1.165) is 5.39 Å². The quantitative estimate of drug-likeness (QED) is 0.760. The molecule has 1 atom stereocenters. The lowest BCUT2D eigenvalue weighted by atomic mass is 10.2. The number of esters is 1. The molecule has 0 saturated heterocycles. The fourth-order valence-corrected chi connectivity index (χ4v) is 1.42. The predicted molar refractivity (Wildman–Crippen MR) is 60.7 cm³/mol. The molecule has 90 valence electrons. The average molecular weight is 235 g/mol. The first-order valence-corrected chi connectivity index (χ1v) is 5.40. The molecule has 5 heteroatoms. The number of rotatable bonds is 4. The first kappa shape index (κ1) is 11.4. The van der Waals surface area contributed by atoms with Gasteiger partial charge in [-0.25, -0.2) is 4.79 Å². The summed E-state index contributed by atoms with van der Waals surface area (Å²) in [6.45, 7) is 3.68. The average Bonchev–Trinajstić information content (AvgIpc) is 2.73. The van der Waals surface area contributed by atoms with Crippen LogP contribution in [0.2, 0.25) is 0 Å². The molecule has 0 fully saturated rings. The van der Waals surface area contributed by atoms with E-state index in [0.29, 0.717) is 18.1 Å². The van der Waals surface area contributed by atoms with Crippen LogP contribution in [0.3, 0.4) is 0 Å². The van der Waals surface area contributed by atoms with E-state index < -0.39 is 12.1 Å². The van der Waals surface area contributed by atoms with Crippen LogP contribution in [0.15, 0.2) is 28.8 Å². The van der Waals surface area contributed by atoms with E-state index in [9.17, 15) is 4.79 Å². The van der Waals surface area contributed by atoms with Gasteiger partial charge in [0.25, 0.3) is 5.88 Å². The summed E-state index contributed by atoms with van der Waals surface area (Å²) < 4.78 is 15.3. The second-order valence-corrected chi connectivity index (χ2v) is 3.50. The Morgan fingerprint density at radius 1 is 1.47 bits per heavy atom. The second-order valence-electron chi connectivity index (χ2n) is 3.50. The molecule has 0 spiro atoms. The third-order valence-corrected chi connectivity index (χ3v) is 2.25. The van der Waals surface area contributed by atoms with Gasteiger partial charge < -0.3 is 14.0 Å². The van der Waals surface area contributed by atoms with E-state index in [1.165, 1.54) is 0 Å². The van der Waals surface area contributed by atoms with Crippen LogP contribution < -0.4 is 4.74 Å². The smallest absolute Gasteiger partial charge is 0.347 e. The highest BCUT2D eigenvalue weighted by Gasteiger charge is 2.19. The Hall–Kier alpha value is -2.04. The van der Waals surface area contributed by atoms with Gasteiger partial charge in [-0.15, -0.1) is 0 Å². The van der Waals surface area contributed by atoms with E-state index >= 15 is 0 Å². The Morgan fingerprint density at radius 3 is 3.00 bits per heavy atom. The van der Waals surface area contributed by atoms with E-state index in [2.05, 4.69) is 5.16 Å². The van der Waals surface area contributed by atoms with Crippen LogP contribution >= 0.6 is 0 Å². The summed E-state index contributed by atoms with van der Waals surface area (Å²) in [6, 6.07) is 7.29. The SMILES string of the molecule is CCOC(=O)C(C)Oc1noc2ccccc12. The van der Waals surface area contributed by atoms with Gasteiger partial charge in [0.1, 0.15) is 0 Å². The summed E-state index contributed by atoms with van der Waals surface area (Å²) in [4.78, 5) is 11.4. The van der Waals surface area contributed by atoms with E-state index in [1.807, 2.05) is 18.2 Å². The first-order chi connectivity index (χ1) is 8.22. The van der Waals surface area contributed by atoms with Crippen LogP contribution in [0.5, 0.6) is 5.88 Å². The number of hydrogen-bond donors (Lipinski definition) is 0. The van der Waals surface area contributed by atoms with Crippen LogP contribution in [-0.4, -0.2) is 23.8 Å². The molecule has 1 unspecified atom stereocenters. The van der Waals surface area contributed by atoms with Gasteiger partial charge in [-0.1, -0.05) is 12.1 Å². The van der Waals surface area contributed by atoms with Crippen molar-refractivity contribution < 1.29 is 18.8 Å². The van der Waals surface area contributed by atoms with Crippen molar-refractivity contribution in [1.29, 1.82) is 0 Å². The maximum Gasteiger partial charge on any atom is 0.347 e. The van der Waals surface area contributed by atoms with Gasteiger partial charge in [0.05, 0.1) is 12.0 Å². The molecule has 0 aliphatic carbocycles. The number of aromatic nitrogens is 1. The summed E-state index contributed by atoms with van der Waals surface area (Å²) in [6.07, 6.45) is -0.705. The third-order valence-electron chi connectivity index (χ3n) is 2.25. The van der Waals surface area contributed by atoms with Gasteiger partial charge in [-0.05, 0) is 31.1 Å². The van der Waals surface area contributed by atoms with E-state index in [4.69, 9.17) is 14.0 Å². The summed E-state index contributed by atoms with van der Waals surface area (Å²) in [5.41, 5.74) is 0.624. The largest absolute Gasteiger partial charge is 0.463 e. The fraction of sp³-hybridized carbons (Fsp3) is 0.333. The minimum atomic E-state index is -0.705. The van der Waals surface area contributed by atoms with E-state index in [-0.39, 0.29) is 0 Å². The first-order valence-electron chi connectivity index (χ1n) is 5.40. The molecular weight excluding hydrogens is 222 g/mol. The molecule has 0 saturated carbocycles. The summed E-state index contributed by atoms with van der Waals surface area (Å²) in [7, 11) is 0. The lowest BCUT2D eigenvalue weighted by molar-refractivity contribution is -0.150. The number of fused-ring (bicyclic) bond motifs is 1. The van der Waals surface area contributed by atoms with Gasteiger partial charge in [-0.2, -0.15) is 0 Å². The summed E-state index contributed by atoms with van der Waals surface area (Å²) >= 11 is 0. The maximum absolute atomic E-state index is 11.4. The van der Waals surface area contributed by atoms with Crippen LogP contribution in [0.4, 0.5) is 0 Å². The van der Waals surface area contributed by atoms with Crippen LogP contribution in [0.25, 0.3) is 11.0 Å². The van der Waals surface area contributed by atoms with Crippen molar-refractivity contribution in [2.45, 2.75) is 20.0 Å². The minimum Gasteiger partial charge on any atom is -0.463 e. The number of benzene rings is 1. The molecule has 2 aromatic rings. The standard InChI is InChI=1S/C12H13NO4/c1-3-15-12(14)8(2)16-11-9-6-4-5-7-10(9)17-13-11/h4-8H,3H2,1-2H3. The zero-order valence-corrected chi connectivity index (χ0v) is 9.67. The maximum atomic E-state index is 11.4. The third kappa shape index (κ3) is 2.38. The van der Waals surface area contributed by atoms with Crippen molar-refractivity contribution in [3.05, 3.63) is 24.3 Å². The molecular formula is C12H13NO4. The van der Waals surface area contributed by atoms with Crippen LogP contribution in [-0.2, 0) is 9.53 Å². The molecule has 0 amide bonds. The lowest BCUT2D eigenvalue weighted by Crippen LogP contribution is -2.26. The zero-order chi connectivity index (χ0) is 12.3. The van der Waals surface area contributed by atoms with Gasteiger partial charge in [-0.3, -0.25) is 0 Å². The van der Waals surface area contributed by atoms with Crippen molar-refractivity contribution in [3.63, 3.8) is 0 Å². The molecule has 0 aliphatic rings. The van der Waals surface area contributed by atoms with Crippen molar-refractivity contribution in [1.82, 2.24) is 5.16 Å². The summed E-state index contributed by atoms with van der Waals surface area (Å²) in [5, 5.41) is 4.51. The molecule has 0 radical (unpaired) electrons. The number of ether oxygens (including phenoxy) is 2. The molecule has 0 bridgehead atoms. The number of carbonyl (C=O) groups excluding carboxylic acids is 1. The number of para-hydroxylation sites is 1. The summed E-state index contributed by atoms with van der Waals surface area (Å²) in [5.74, 6) is -0.110. The van der Waals surface area contributed by atoms with Gasteiger partial charge in [0.2, 0.25) is 0 Å². The molecule has 17 heavy (non-hydrogen) atoms. The van der Waals surface area contributed by atoms with Crippen molar-refractivity contribution in [3.8, 4) is 5.88 Å². The Kier molecular flexibility index (Phi) is 3.27. The molecule has 1 aromatic carbocycles. The lowest BCUT2D eigenvalue weighted by Gasteiger charge is -2.10. The Labute approximate surface area is 98.3 Å². The van der Waals surface area contributed by atoms with Gasteiger partial charge in [0, 0.05) is 0 Å². The molecule has 0 N–H and O–H groups in total. The molecule has 1 heterocycles. The highest BCUT2D eigenvalue weighted by Crippen LogP contribution is 2.25. The van der Waals surface area contributed by atoms with Gasteiger partial charge in [0.15, 0.2) is 11.7 Å². The fourth-order valence-electron chi connectivity index (χ4n) is 1.42. The highest BCUT2D eigenvalue weighted by molar-refractivity contribution is 5.82. The van der Waals surface area contributed by atoms with Crippen molar-refractivity contribution in [2.24, 2.45) is 0 Å². The topological polar surface area (TPSA) is 61.6 Å².